The molecule has 1 aliphatic heterocycles. The van der Waals surface area contributed by atoms with Gasteiger partial charge in [0.25, 0.3) is 0 Å². The molecule has 2 aromatic carbocycles. The highest BCUT2D eigenvalue weighted by molar-refractivity contribution is 5.96. The van der Waals surface area contributed by atoms with Crippen LogP contribution in [0, 0.1) is 0 Å². The van der Waals surface area contributed by atoms with Gasteiger partial charge >= 0.3 is 0 Å². The van der Waals surface area contributed by atoms with E-state index in [0.29, 0.717) is 12.8 Å². The molecule has 28 heavy (non-hydrogen) atoms. The smallest absolute Gasteiger partial charge is 0.227 e. The van der Waals surface area contributed by atoms with Crippen LogP contribution in [0.2, 0.25) is 0 Å². The van der Waals surface area contributed by atoms with E-state index in [2.05, 4.69) is 16.0 Å². The summed E-state index contributed by atoms with van der Waals surface area (Å²) in [4.78, 5) is 32.4. The summed E-state index contributed by atoms with van der Waals surface area (Å²) in [7, 11) is 0. The molecule has 1 fully saturated rings. The summed E-state index contributed by atoms with van der Waals surface area (Å²) in [5, 5.41) is 1.12. The van der Waals surface area contributed by atoms with Crippen molar-refractivity contribution in [2.75, 3.05) is 32.7 Å². The Morgan fingerprint density at radius 1 is 0.893 bits per heavy atom. The first kappa shape index (κ1) is 18.4. The number of H-pyrrole nitrogens is 1. The number of nitrogens with one attached hydrogen (secondary N) is 1. The third kappa shape index (κ3) is 4.15. The molecule has 0 spiro atoms. The van der Waals surface area contributed by atoms with E-state index in [1.807, 2.05) is 59.6 Å². The molecule has 0 atom stereocenters. The maximum absolute atomic E-state index is 12.7. The van der Waals surface area contributed by atoms with Crippen molar-refractivity contribution in [3.05, 3.63) is 71.9 Å². The van der Waals surface area contributed by atoms with Crippen molar-refractivity contribution in [1.82, 2.24) is 14.8 Å². The van der Waals surface area contributed by atoms with Gasteiger partial charge in [0, 0.05) is 61.8 Å². The number of carbonyl (C=O) groups is 2. The van der Waals surface area contributed by atoms with Crippen LogP contribution in [-0.4, -0.2) is 59.2 Å². The average molecular weight is 375 g/mol. The van der Waals surface area contributed by atoms with Crippen LogP contribution < -0.4 is 0 Å². The number of aromatic amines is 1. The van der Waals surface area contributed by atoms with Gasteiger partial charge in [0.05, 0.1) is 6.42 Å². The molecule has 1 aromatic heterocycles. The lowest BCUT2D eigenvalue weighted by Gasteiger charge is -2.34. The minimum atomic E-state index is 0.171. The maximum Gasteiger partial charge on any atom is 0.227 e. The van der Waals surface area contributed by atoms with Gasteiger partial charge in [0.2, 0.25) is 5.91 Å². The average Bonchev–Trinajstić information content (AvgIpc) is 3.16. The molecular weight excluding hydrogens is 350 g/mol. The molecule has 2 heterocycles. The van der Waals surface area contributed by atoms with E-state index >= 15 is 0 Å². The maximum atomic E-state index is 12.7. The Balaban J connectivity index is 1.26. The summed E-state index contributed by atoms with van der Waals surface area (Å²) in [5.74, 6) is 0.350. The first-order chi connectivity index (χ1) is 13.7. The van der Waals surface area contributed by atoms with Crippen LogP contribution in [0.4, 0.5) is 0 Å². The number of Topliss-reactive ketones (excluding diaryl/α,β-unsaturated/α-hetero) is 1. The molecule has 144 valence electrons. The highest BCUT2D eigenvalue weighted by Crippen LogP contribution is 2.19. The Morgan fingerprint density at radius 2 is 1.61 bits per heavy atom. The zero-order valence-corrected chi connectivity index (χ0v) is 15.9. The standard InChI is InChI=1S/C23H25N3O2/c27-22(18-6-2-1-3-7-18)10-11-25-12-14-26(15-13-25)23(28)16-19-17-24-21-9-5-4-8-20(19)21/h1-9,17,24H,10-16H2. The van der Waals surface area contributed by atoms with Crippen LogP contribution in [-0.2, 0) is 11.2 Å². The van der Waals surface area contributed by atoms with Crippen LogP contribution in [0.25, 0.3) is 10.9 Å². The molecule has 0 radical (unpaired) electrons. The summed E-state index contributed by atoms with van der Waals surface area (Å²) in [5.41, 5.74) is 2.89. The number of nitrogens with zero attached hydrogens (tertiary/aromatic N) is 2. The van der Waals surface area contributed by atoms with E-state index in [1.54, 1.807) is 0 Å². The third-order valence-electron chi connectivity index (χ3n) is 5.49. The zero-order valence-electron chi connectivity index (χ0n) is 15.9. The lowest BCUT2D eigenvalue weighted by molar-refractivity contribution is -0.132. The number of benzene rings is 2. The van der Waals surface area contributed by atoms with Gasteiger partial charge in [-0.3, -0.25) is 14.5 Å². The van der Waals surface area contributed by atoms with Crippen molar-refractivity contribution < 1.29 is 9.59 Å². The van der Waals surface area contributed by atoms with Crippen molar-refractivity contribution in [1.29, 1.82) is 0 Å². The van der Waals surface area contributed by atoms with Crippen molar-refractivity contribution in [3.8, 4) is 0 Å². The van der Waals surface area contributed by atoms with E-state index in [0.717, 1.165) is 54.8 Å². The Bertz CT molecular complexity index is 956. The Kier molecular flexibility index (Phi) is 5.53. The molecule has 3 aromatic rings. The normalized spacial score (nSPS) is 15.1. The molecule has 0 unspecified atom stereocenters. The first-order valence-corrected chi connectivity index (χ1v) is 9.84. The van der Waals surface area contributed by atoms with Gasteiger partial charge in [0.1, 0.15) is 0 Å². The number of hydrogen-bond acceptors (Lipinski definition) is 3. The second-order valence-corrected chi connectivity index (χ2v) is 7.30. The van der Waals surface area contributed by atoms with Crippen molar-refractivity contribution in [2.45, 2.75) is 12.8 Å². The lowest BCUT2D eigenvalue weighted by Crippen LogP contribution is -2.49. The van der Waals surface area contributed by atoms with E-state index in [-0.39, 0.29) is 11.7 Å². The minimum absolute atomic E-state index is 0.171. The second kappa shape index (κ2) is 8.40. The molecule has 0 aliphatic carbocycles. The number of para-hydroxylation sites is 1. The number of amides is 1. The molecular formula is C23H25N3O2. The van der Waals surface area contributed by atoms with Gasteiger partial charge < -0.3 is 9.88 Å². The minimum Gasteiger partial charge on any atom is -0.361 e. The summed E-state index contributed by atoms with van der Waals surface area (Å²) < 4.78 is 0. The fourth-order valence-electron chi connectivity index (χ4n) is 3.80. The number of piperazine rings is 1. The van der Waals surface area contributed by atoms with Gasteiger partial charge in [-0.1, -0.05) is 48.5 Å². The summed E-state index contributed by atoms with van der Waals surface area (Å²) in [6.07, 6.45) is 2.89. The van der Waals surface area contributed by atoms with Crippen LogP contribution >= 0.6 is 0 Å². The zero-order chi connectivity index (χ0) is 19.3. The van der Waals surface area contributed by atoms with Crippen LogP contribution in [0.5, 0.6) is 0 Å². The molecule has 5 heteroatoms. The van der Waals surface area contributed by atoms with Crippen molar-refractivity contribution in [3.63, 3.8) is 0 Å². The summed E-state index contributed by atoms with van der Waals surface area (Å²) >= 11 is 0. The monoisotopic (exact) mass is 375 g/mol. The Hall–Kier alpha value is -2.92. The molecule has 1 saturated heterocycles. The van der Waals surface area contributed by atoms with Gasteiger partial charge in [-0.05, 0) is 11.6 Å². The topological polar surface area (TPSA) is 56.4 Å². The molecule has 1 amide bonds. The molecule has 4 rings (SSSR count). The third-order valence-corrected chi connectivity index (χ3v) is 5.49. The highest BCUT2D eigenvalue weighted by Gasteiger charge is 2.22. The number of fused-ring (bicyclic) bond motifs is 1. The van der Waals surface area contributed by atoms with E-state index in [1.165, 1.54) is 0 Å². The van der Waals surface area contributed by atoms with Gasteiger partial charge in [0.15, 0.2) is 5.78 Å². The number of ketones is 1. The summed E-state index contributed by atoms with van der Waals surface area (Å²) in [6, 6.07) is 17.5. The van der Waals surface area contributed by atoms with Crippen LogP contribution in [0.3, 0.4) is 0 Å². The molecule has 0 bridgehead atoms. The SMILES string of the molecule is O=C(CCN1CCN(C(=O)Cc2c[nH]c3ccccc23)CC1)c1ccccc1. The van der Waals surface area contributed by atoms with Crippen LogP contribution in [0.15, 0.2) is 60.8 Å². The van der Waals surface area contributed by atoms with Crippen LogP contribution in [0.1, 0.15) is 22.3 Å². The number of carbonyl (C=O) groups excluding carboxylic acids is 2. The number of hydrogen-bond donors (Lipinski definition) is 1. The van der Waals surface area contributed by atoms with Crippen molar-refractivity contribution >= 4 is 22.6 Å². The molecule has 0 saturated carbocycles. The number of rotatable bonds is 6. The molecule has 1 N–H and O–H groups in total. The second-order valence-electron chi connectivity index (χ2n) is 7.30. The Morgan fingerprint density at radius 3 is 2.39 bits per heavy atom. The number of aromatic nitrogens is 1. The van der Waals surface area contributed by atoms with E-state index in [4.69, 9.17) is 0 Å². The van der Waals surface area contributed by atoms with E-state index < -0.39 is 0 Å². The quantitative estimate of drug-likeness (QED) is 0.674. The summed E-state index contributed by atoms with van der Waals surface area (Å²) in [6.45, 7) is 3.84. The highest BCUT2D eigenvalue weighted by atomic mass is 16.2. The molecule has 1 aliphatic rings. The lowest BCUT2D eigenvalue weighted by atomic mass is 10.1. The van der Waals surface area contributed by atoms with Gasteiger partial charge in [-0.15, -0.1) is 0 Å². The predicted molar refractivity (Wildman–Crippen MR) is 110 cm³/mol. The fourth-order valence-corrected chi connectivity index (χ4v) is 3.80. The van der Waals surface area contributed by atoms with Gasteiger partial charge in [-0.25, -0.2) is 0 Å². The van der Waals surface area contributed by atoms with E-state index in [9.17, 15) is 9.59 Å². The Labute approximate surface area is 165 Å². The van der Waals surface area contributed by atoms with Gasteiger partial charge in [-0.2, -0.15) is 0 Å². The first-order valence-electron chi connectivity index (χ1n) is 9.84. The predicted octanol–water partition coefficient (Wildman–Crippen LogP) is 3.13. The molecule has 5 nitrogen and oxygen atoms in total. The van der Waals surface area contributed by atoms with Crippen molar-refractivity contribution in [2.24, 2.45) is 0 Å². The largest absolute Gasteiger partial charge is 0.361 e. The fraction of sp³-hybridized carbons (Fsp3) is 0.304.